The second kappa shape index (κ2) is 6.66. The Balaban J connectivity index is 2.29. The number of nitrogens with zero attached hydrogens (tertiary/aromatic N) is 1. The van der Waals surface area contributed by atoms with Gasteiger partial charge in [0.2, 0.25) is 0 Å². The van der Waals surface area contributed by atoms with Crippen LogP contribution >= 0.6 is 11.6 Å². The number of hydrogen-bond acceptors (Lipinski definition) is 3. The predicted molar refractivity (Wildman–Crippen MR) is 74.8 cm³/mol. The second-order valence-electron chi connectivity index (χ2n) is 4.79. The summed E-state index contributed by atoms with van der Waals surface area (Å²) in [6.45, 7) is 4.58. The molecule has 1 aromatic carbocycles. The smallest absolute Gasteiger partial charge is 0.128 e. The molecule has 0 spiro atoms. The van der Waals surface area contributed by atoms with Crippen LogP contribution in [0.25, 0.3) is 0 Å². The number of hydrogen-bond donors (Lipinski definition) is 1. The molecule has 2 rings (SSSR count). The van der Waals surface area contributed by atoms with Crippen LogP contribution in [0.2, 0.25) is 5.02 Å². The fourth-order valence-electron chi connectivity index (χ4n) is 2.64. The minimum Gasteiger partial charge on any atom is -0.378 e. The van der Waals surface area contributed by atoms with Gasteiger partial charge in [-0.05, 0) is 24.6 Å². The van der Waals surface area contributed by atoms with Gasteiger partial charge in [0, 0.05) is 29.7 Å². The molecule has 0 aromatic heterocycles. The molecule has 2 N–H and O–H groups in total. The first-order valence-electron chi connectivity index (χ1n) is 6.65. The van der Waals surface area contributed by atoms with Gasteiger partial charge in [0.1, 0.15) is 5.82 Å². The van der Waals surface area contributed by atoms with Crippen molar-refractivity contribution in [2.75, 3.05) is 26.3 Å². The molecular weight excluding hydrogens is 267 g/mol. The van der Waals surface area contributed by atoms with Crippen LogP contribution in [0.3, 0.4) is 0 Å². The summed E-state index contributed by atoms with van der Waals surface area (Å²) >= 11 is 5.98. The first-order chi connectivity index (χ1) is 9.17. The predicted octanol–water partition coefficient (Wildman–Crippen LogP) is 2.59. The summed E-state index contributed by atoms with van der Waals surface area (Å²) in [6, 6.07) is 4.77. The van der Waals surface area contributed by atoms with Gasteiger partial charge in [-0.25, -0.2) is 4.39 Å². The van der Waals surface area contributed by atoms with Crippen molar-refractivity contribution in [1.82, 2.24) is 4.90 Å². The molecule has 1 fully saturated rings. The molecule has 2 atom stereocenters. The van der Waals surface area contributed by atoms with Crippen molar-refractivity contribution in [2.45, 2.75) is 25.4 Å². The third kappa shape index (κ3) is 3.26. The van der Waals surface area contributed by atoms with E-state index in [0.717, 1.165) is 13.0 Å². The van der Waals surface area contributed by atoms with E-state index in [2.05, 4.69) is 11.8 Å². The Morgan fingerprint density at radius 3 is 3.05 bits per heavy atom. The number of ether oxygens (including phenoxy) is 1. The Hall–Kier alpha value is -0.680. The molecule has 106 valence electrons. The summed E-state index contributed by atoms with van der Waals surface area (Å²) in [5, 5.41) is 0.538. The highest BCUT2D eigenvalue weighted by Gasteiger charge is 2.30. The fraction of sp³-hybridized carbons (Fsp3) is 0.571. The highest BCUT2D eigenvalue weighted by Crippen LogP contribution is 2.29. The van der Waals surface area contributed by atoms with E-state index in [1.165, 1.54) is 6.07 Å². The van der Waals surface area contributed by atoms with E-state index in [0.29, 0.717) is 30.3 Å². The van der Waals surface area contributed by atoms with Gasteiger partial charge in [0.15, 0.2) is 0 Å². The van der Waals surface area contributed by atoms with Gasteiger partial charge in [-0.1, -0.05) is 18.5 Å². The zero-order chi connectivity index (χ0) is 13.8. The number of halogens is 2. The highest BCUT2D eigenvalue weighted by molar-refractivity contribution is 6.30. The van der Waals surface area contributed by atoms with Crippen molar-refractivity contribution in [1.29, 1.82) is 0 Å². The minimum atomic E-state index is -0.249. The Labute approximate surface area is 118 Å². The van der Waals surface area contributed by atoms with Crippen LogP contribution in [-0.4, -0.2) is 37.2 Å². The maximum Gasteiger partial charge on any atom is 0.128 e. The maximum absolute atomic E-state index is 14.0. The van der Waals surface area contributed by atoms with Gasteiger partial charge < -0.3 is 10.5 Å². The molecular formula is C14H20ClFN2O. The van der Waals surface area contributed by atoms with Crippen LogP contribution in [0.15, 0.2) is 18.2 Å². The van der Waals surface area contributed by atoms with Gasteiger partial charge in [0.05, 0.1) is 19.3 Å². The first kappa shape index (κ1) is 14.7. The summed E-state index contributed by atoms with van der Waals surface area (Å²) in [6.07, 6.45) is 0.957. The van der Waals surface area contributed by atoms with Crippen molar-refractivity contribution < 1.29 is 9.13 Å². The van der Waals surface area contributed by atoms with E-state index in [4.69, 9.17) is 22.1 Å². The molecule has 0 amide bonds. The molecule has 0 aliphatic carbocycles. The summed E-state index contributed by atoms with van der Waals surface area (Å²) < 4.78 is 19.5. The van der Waals surface area contributed by atoms with E-state index in [9.17, 15) is 4.39 Å². The van der Waals surface area contributed by atoms with Crippen LogP contribution in [0, 0.1) is 5.82 Å². The Bertz CT molecular complexity index is 430. The molecule has 1 heterocycles. The van der Waals surface area contributed by atoms with E-state index in [1.54, 1.807) is 12.1 Å². The monoisotopic (exact) mass is 286 g/mol. The normalized spacial score (nSPS) is 22.4. The quantitative estimate of drug-likeness (QED) is 0.925. The van der Waals surface area contributed by atoms with Gasteiger partial charge >= 0.3 is 0 Å². The highest BCUT2D eigenvalue weighted by atomic mass is 35.5. The van der Waals surface area contributed by atoms with Gasteiger partial charge in [-0.3, -0.25) is 4.90 Å². The van der Waals surface area contributed by atoms with E-state index >= 15 is 0 Å². The standard InChI is InChI=1S/C14H20ClFN2O/c1-2-11-9-19-6-5-18(11)14(8-17)12-7-10(15)3-4-13(12)16/h3-4,7,11,14H,2,5-6,8-9,17H2,1H3. The van der Waals surface area contributed by atoms with Gasteiger partial charge in [0.25, 0.3) is 0 Å². The molecule has 0 bridgehead atoms. The Kier molecular flexibility index (Phi) is 5.16. The second-order valence-corrected chi connectivity index (χ2v) is 5.23. The number of benzene rings is 1. The minimum absolute atomic E-state index is 0.146. The molecule has 3 nitrogen and oxygen atoms in total. The molecule has 1 aromatic rings. The third-order valence-corrected chi connectivity index (χ3v) is 3.92. The zero-order valence-electron chi connectivity index (χ0n) is 11.1. The van der Waals surface area contributed by atoms with Crippen molar-refractivity contribution in [3.8, 4) is 0 Å². The lowest BCUT2D eigenvalue weighted by atomic mass is 10.0. The van der Waals surface area contributed by atoms with Crippen molar-refractivity contribution in [2.24, 2.45) is 5.73 Å². The summed E-state index contributed by atoms with van der Waals surface area (Å²) in [7, 11) is 0. The van der Waals surface area contributed by atoms with Crippen molar-refractivity contribution in [3.05, 3.63) is 34.6 Å². The lowest BCUT2D eigenvalue weighted by molar-refractivity contribution is -0.0297. The van der Waals surface area contributed by atoms with E-state index < -0.39 is 0 Å². The van der Waals surface area contributed by atoms with E-state index in [1.807, 2.05) is 0 Å². The van der Waals surface area contributed by atoms with Gasteiger partial charge in [-0.2, -0.15) is 0 Å². The van der Waals surface area contributed by atoms with Crippen molar-refractivity contribution >= 4 is 11.6 Å². The summed E-state index contributed by atoms with van der Waals surface area (Å²) in [4.78, 5) is 2.23. The SMILES string of the molecule is CCC1COCCN1C(CN)c1cc(Cl)ccc1F. The van der Waals surface area contributed by atoms with Crippen LogP contribution in [0.5, 0.6) is 0 Å². The van der Waals surface area contributed by atoms with Crippen LogP contribution in [0.1, 0.15) is 24.9 Å². The summed E-state index contributed by atoms with van der Waals surface area (Å²) in [5.41, 5.74) is 6.46. The van der Waals surface area contributed by atoms with Crippen molar-refractivity contribution in [3.63, 3.8) is 0 Å². The molecule has 2 unspecified atom stereocenters. The average Bonchev–Trinajstić information content (AvgIpc) is 2.44. The Morgan fingerprint density at radius 2 is 2.37 bits per heavy atom. The lowest BCUT2D eigenvalue weighted by Gasteiger charge is -2.40. The fourth-order valence-corrected chi connectivity index (χ4v) is 2.82. The van der Waals surface area contributed by atoms with E-state index in [-0.39, 0.29) is 17.9 Å². The maximum atomic E-state index is 14.0. The summed E-state index contributed by atoms with van der Waals surface area (Å²) in [5.74, 6) is -0.249. The van der Waals surface area contributed by atoms with Crippen LogP contribution in [0.4, 0.5) is 4.39 Å². The lowest BCUT2D eigenvalue weighted by Crippen LogP contribution is -2.49. The Morgan fingerprint density at radius 1 is 1.58 bits per heavy atom. The average molecular weight is 287 g/mol. The number of morpholine rings is 1. The molecule has 19 heavy (non-hydrogen) atoms. The zero-order valence-corrected chi connectivity index (χ0v) is 11.9. The van der Waals surface area contributed by atoms with Crippen LogP contribution in [-0.2, 0) is 4.74 Å². The van der Waals surface area contributed by atoms with Crippen LogP contribution < -0.4 is 5.73 Å². The number of nitrogens with two attached hydrogens (primary N) is 1. The topological polar surface area (TPSA) is 38.5 Å². The third-order valence-electron chi connectivity index (χ3n) is 3.68. The molecule has 1 aliphatic heterocycles. The number of rotatable bonds is 4. The molecule has 5 heteroatoms. The largest absolute Gasteiger partial charge is 0.378 e. The molecule has 0 radical (unpaired) electrons. The van der Waals surface area contributed by atoms with Gasteiger partial charge in [-0.15, -0.1) is 0 Å². The molecule has 1 aliphatic rings. The first-order valence-corrected chi connectivity index (χ1v) is 7.03. The molecule has 0 saturated carbocycles. The molecule has 1 saturated heterocycles.